The van der Waals surface area contributed by atoms with Gasteiger partial charge in [0, 0.05) is 25.1 Å². The average molecular weight is 300 g/mol. The van der Waals surface area contributed by atoms with Gasteiger partial charge in [0.2, 0.25) is 11.7 Å². The van der Waals surface area contributed by atoms with Crippen molar-refractivity contribution in [3.8, 4) is 11.4 Å². The molecule has 1 aromatic heterocycles. The van der Waals surface area contributed by atoms with Crippen LogP contribution >= 0.6 is 11.6 Å². The van der Waals surface area contributed by atoms with Crippen molar-refractivity contribution in [2.45, 2.75) is 12.5 Å². The van der Waals surface area contributed by atoms with E-state index in [2.05, 4.69) is 15.5 Å². The van der Waals surface area contributed by atoms with E-state index in [1.165, 1.54) is 18.2 Å². The monoisotopic (exact) mass is 299 g/mol. The molecule has 0 aliphatic carbocycles. The Morgan fingerprint density at radius 3 is 2.95 bits per heavy atom. The molecule has 1 N–H and O–H groups in total. The summed E-state index contributed by atoms with van der Waals surface area (Å²) in [5, 5.41) is 7.20. The molecule has 2 aromatic rings. The van der Waals surface area contributed by atoms with Gasteiger partial charge in [-0.05, 0) is 25.2 Å². The van der Waals surface area contributed by atoms with Gasteiger partial charge in [0.25, 0.3) is 0 Å². The highest BCUT2D eigenvalue weighted by Crippen LogP contribution is 2.26. The van der Waals surface area contributed by atoms with Gasteiger partial charge in [-0.3, -0.25) is 0 Å². The molecule has 0 aliphatic rings. The van der Waals surface area contributed by atoms with Gasteiger partial charge in [-0.25, -0.2) is 4.39 Å². The minimum Gasteiger partial charge on any atom is -0.383 e. The Morgan fingerprint density at radius 2 is 2.30 bits per heavy atom. The largest absolute Gasteiger partial charge is 0.383 e. The molecule has 5 nitrogen and oxygen atoms in total. The first-order chi connectivity index (χ1) is 9.63. The Balaban J connectivity index is 2.16. The molecule has 7 heteroatoms. The normalized spacial score (nSPS) is 12.6. The van der Waals surface area contributed by atoms with Crippen molar-refractivity contribution in [2.75, 3.05) is 20.8 Å². The fraction of sp³-hybridized carbons (Fsp3) is 0.385. The van der Waals surface area contributed by atoms with Gasteiger partial charge in [-0.2, -0.15) is 4.98 Å². The molecule has 108 valence electrons. The summed E-state index contributed by atoms with van der Waals surface area (Å²) in [6, 6.07) is 4.13. The van der Waals surface area contributed by atoms with Crippen LogP contribution in [0.25, 0.3) is 11.4 Å². The third-order valence-corrected chi connectivity index (χ3v) is 3.15. The lowest BCUT2D eigenvalue weighted by Gasteiger charge is -2.11. The van der Waals surface area contributed by atoms with Crippen molar-refractivity contribution in [1.82, 2.24) is 15.5 Å². The van der Waals surface area contributed by atoms with E-state index in [1.54, 1.807) is 7.11 Å². The number of benzene rings is 1. The second-order valence-electron chi connectivity index (χ2n) is 4.28. The van der Waals surface area contributed by atoms with E-state index in [9.17, 15) is 4.39 Å². The fourth-order valence-electron chi connectivity index (χ4n) is 1.77. The zero-order valence-corrected chi connectivity index (χ0v) is 11.9. The number of methoxy groups -OCH3 is 1. The van der Waals surface area contributed by atoms with Crippen molar-refractivity contribution in [1.29, 1.82) is 0 Å². The first-order valence-corrected chi connectivity index (χ1v) is 6.46. The summed E-state index contributed by atoms with van der Waals surface area (Å²) in [6.45, 7) is 0.533. The number of aromatic nitrogens is 2. The molecule has 1 atom stereocenters. The molecule has 0 spiro atoms. The zero-order valence-electron chi connectivity index (χ0n) is 11.2. The number of nitrogens with zero attached hydrogens (tertiary/aromatic N) is 2. The maximum atomic E-state index is 13.0. The molecule has 0 saturated carbocycles. The lowest BCUT2D eigenvalue weighted by molar-refractivity contribution is 0.165. The quantitative estimate of drug-likeness (QED) is 0.887. The number of nitrogens with one attached hydrogen (secondary N) is 1. The highest BCUT2D eigenvalue weighted by molar-refractivity contribution is 6.33. The standard InChI is InChI=1S/C13H15ClFN3O2/c1-16-9(7-19-2)6-12-17-13(18-20-12)10-4-3-8(15)5-11(10)14/h3-5,9,16H,6-7H2,1-2H3. The van der Waals surface area contributed by atoms with Crippen LogP contribution in [0.2, 0.25) is 5.02 Å². The van der Waals surface area contributed by atoms with Gasteiger partial charge in [0.1, 0.15) is 5.82 Å². The predicted octanol–water partition coefficient (Wildman–Crippen LogP) is 2.31. The predicted molar refractivity (Wildman–Crippen MR) is 73.1 cm³/mol. The molecule has 0 aliphatic heterocycles. The maximum absolute atomic E-state index is 13.0. The van der Waals surface area contributed by atoms with E-state index in [4.69, 9.17) is 20.9 Å². The molecule has 20 heavy (non-hydrogen) atoms. The summed E-state index contributed by atoms with van der Waals surface area (Å²) in [5.74, 6) is 0.409. The van der Waals surface area contributed by atoms with Crippen LogP contribution in [0, 0.1) is 5.82 Å². The molecule has 0 amide bonds. The van der Waals surface area contributed by atoms with Crippen LogP contribution in [0.1, 0.15) is 5.89 Å². The third kappa shape index (κ3) is 3.53. The Bertz CT molecular complexity index is 576. The average Bonchev–Trinajstić information content (AvgIpc) is 2.86. The maximum Gasteiger partial charge on any atom is 0.228 e. The molecule has 0 bridgehead atoms. The number of likely N-dealkylation sites (N-methyl/N-ethyl adjacent to an activating group) is 1. The van der Waals surface area contributed by atoms with Crippen LogP contribution in [0.15, 0.2) is 22.7 Å². The summed E-state index contributed by atoms with van der Waals surface area (Å²) in [4.78, 5) is 4.26. The van der Waals surface area contributed by atoms with Gasteiger partial charge in [-0.1, -0.05) is 16.8 Å². The smallest absolute Gasteiger partial charge is 0.228 e. The highest BCUT2D eigenvalue weighted by Gasteiger charge is 2.15. The lowest BCUT2D eigenvalue weighted by Crippen LogP contribution is -2.32. The summed E-state index contributed by atoms with van der Waals surface area (Å²) >= 11 is 5.96. The van der Waals surface area contributed by atoms with Crippen LogP contribution in [-0.2, 0) is 11.2 Å². The van der Waals surface area contributed by atoms with E-state index in [1.807, 2.05) is 7.05 Å². The summed E-state index contributed by atoms with van der Waals surface area (Å²) in [5.41, 5.74) is 0.538. The molecule has 0 saturated heterocycles. The fourth-order valence-corrected chi connectivity index (χ4v) is 2.03. The van der Waals surface area contributed by atoms with Crippen LogP contribution in [0.3, 0.4) is 0 Å². The van der Waals surface area contributed by atoms with Crippen molar-refractivity contribution < 1.29 is 13.7 Å². The Kier molecular flexibility index (Phi) is 5.05. The number of hydrogen-bond donors (Lipinski definition) is 1. The SMILES string of the molecule is CNC(COC)Cc1nc(-c2ccc(F)cc2Cl)no1. The second kappa shape index (κ2) is 6.78. The van der Waals surface area contributed by atoms with E-state index >= 15 is 0 Å². The first kappa shape index (κ1) is 14.9. The number of ether oxygens (including phenoxy) is 1. The Morgan fingerprint density at radius 1 is 1.50 bits per heavy atom. The van der Waals surface area contributed by atoms with Crippen molar-refractivity contribution in [3.05, 3.63) is 34.9 Å². The molecule has 1 unspecified atom stereocenters. The topological polar surface area (TPSA) is 60.2 Å². The van der Waals surface area contributed by atoms with Gasteiger partial charge < -0.3 is 14.6 Å². The van der Waals surface area contributed by atoms with Crippen molar-refractivity contribution >= 4 is 11.6 Å². The molecular weight excluding hydrogens is 285 g/mol. The van der Waals surface area contributed by atoms with E-state index in [0.717, 1.165) is 0 Å². The van der Waals surface area contributed by atoms with E-state index in [-0.39, 0.29) is 11.1 Å². The lowest BCUT2D eigenvalue weighted by atomic mass is 10.2. The Labute approximate surface area is 121 Å². The number of halogens is 2. The van der Waals surface area contributed by atoms with Gasteiger partial charge in [-0.15, -0.1) is 0 Å². The Hall–Kier alpha value is -1.50. The van der Waals surface area contributed by atoms with Gasteiger partial charge >= 0.3 is 0 Å². The minimum absolute atomic E-state index is 0.0805. The van der Waals surface area contributed by atoms with Crippen LogP contribution < -0.4 is 5.32 Å². The summed E-state index contributed by atoms with van der Waals surface area (Å²) in [6.07, 6.45) is 0.538. The van der Waals surface area contributed by atoms with Crippen LogP contribution in [0.4, 0.5) is 4.39 Å². The third-order valence-electron chi connectivity index (χ3n) is 2.84. The second-order valence-corrected chi connectivity index (χ2v) is 4.69. The summed E-state index contributed by atoms with van der Waals surface area (Å²) < 4.78 is 23.2. The molecule has 1 aromatic carbocycles. The summed E-state index contributed by atoms with van der Waals surface area (Å²) in [7, 11) is 3.46. The molecule has 1 heterocycles. The zero-order chi connectivity index (χ0) is 14.5. The van der Waals surface area contributed by atoms with Crippen LogP contribution in [-0.4, -0.2) is 36.9 Å². The minimum atomic E-state index is -0.405. The van der Waals surface area contributed by atoms with Gasteiger partial charge in [0.15, 0.2) is 0 Å². The van der Waals surface area contributed by atoms with E-state index in [0.29, 0.717) is 30.3 Å². The molecule has 0 radical (unpaired) electrons. The van der Waals surface area contributed by atoms with Crippen LogP contribution in [0.5, 0.6) is 0 Å². The van der Waals surface area contributed by atoms with E-state index < -0.39 is 5.82 Å². The van der Waals surface area contributed by atoms with Gasteiger partial charge in [0.05, 0.1) is 11.6 Å². The van der Waals surface area contributed by atoms with Crippen molar-refractivity contribution in [3.63, 3.8) is 0 Å². The first-order valence-electron chi connectivity index (χ1n) is 6.08. The highest BCUT2D eigenvalue weighted by atomic mass is 35.5. The molecular formula is C13H15ClFN3O2. The number of rotatable bonds is 6. The number of hydrogen-bond acceptors (Lipinski definition) is 5. The molecule has 0 fully saturated rings. The molecule has 2 rings (SSSR count). The van der Waals surface area contributed by atoms with Crippen molar-refractivity contribution in [2.24, 2.45) is 0 Å².